The van der Waals surface area contributed by atoms with Crippen molar-refractivity contribution in [2.24, 2.45) is 0 Å². The second kappa shape index (κ2) is 5.79. The third kappa shape index (κ3) is 2.89. The number of benzene rings is 2. The average molecular weight is 297 g/mol. The van der Waals surface area contributed by atoms with Gasteiger partial charge in [0, 0.05) is 16.8 Å². The van der Waals surface area contributed by atoms with E-state index in [1.807, 2.05) is 36.4 Å². The van der Waals surface area contributed by atoms with Crippen molar-refractivity contribution in [2.75, 3.05) is 5.32 Å². The van der Waals surface area contributed by atoms with E-state index in [0.29, 0.717) is 17.5 Å². The van der Waals surface area contributed by atoms with Crippen LogP contribution in [0.4, 0.5) is 5.69 Å². The molecule has 0 heterocycles. The Labute approximate surface area is 130 Å². The van der Waals surface area contributed by atoms with Crippen molar-refractivity contribution in [2.45, 2.75) is 31.7 Å². The molecule has 1 fully saturated rings. The molecule has 0 aromatic heterocycles. The summed E-state index contributed by atoms with van der Waals surface area (Å²) in [7, 11) is 0. The first kappa shape index (κ1) is 14.0. The summed E-state index contributed by atoms with van der Waals surface area (Å²) in [6, 6.07) is 16.5. The third-order valence-corrected chi connectivity index (χ3v) is 4.55. The molecule has 0 atom stereocenters. The average Bonchev–Trinajstić information content (AvgIpc) is 2.45. The first-order chi connectivity index (χ1) is 10.2. The van der Waals surface area contributed by atoms with Crippen LogP contribution < -0.4 is 5.32 Å². The predicted octanol–water partition coefficient (Wildman–Crippen LogP) is 4.88. The van der Waals surface area contributed by atoms with Gasteiger partial charge in [-0.3, -0.25) is 0 Å². The largest absolute Gasteiger partial charge is 0.382 e. The van der Waals surface area contributed by atoms with Crippen molar-refractivity contribution >= 4 is 17.3 Å². The number of nitrogens with one attached hydrogen (secondary N) is 1. The highest BCUT2D eigenvalue weighted by Gasteiger charge is 2.31. The second-order valence-corrected chi connectivity index (χ2v) is 6.08. The van der Waals surface area contributed by atoms with Crippen LogP contribution in [0, 0.1) is 18.3 Å². The molecule has 3 heteroatoms. The Morgan fingerprint density at radius 1 is 1.19 bits per heavy atom. The van der Waals surface area contributed by atoms with Gasteiger partial charge in [0.2, 0.25) is 0 Å². The molecule has 106 valence electrons. The molecular formula is C18H17ClN2. The lowest BCUT2D eigenvalue weighted by atomic mass is 9.75. The fraction of sp³-hybridized carbons (Fsp3) is 0.278. The standard InChI is InChI=1S/C18H17ClN2/c1-12-6-7-13(11-20)8-18(12)21-15-9-14(10-15)16-4-2-3-5-17(16)19/h2-8,14-15,21H,9-10H2,1H3. The second-order valence-electron chi connectivity index (χ2n) is 5.67. The Hall–Kier alpha value is -1.98. The van der Waals surface area contributed by atoms with Gasteiger partial charge in [-0.25, -0.2) is 0 Å². The SMILES string of the molecule is Cc1ccc(C#N)cc1NC1CC(c2ccccc2Cl)C1. The van der Waals surface area contributed by atoms with E-state index in [0.717, 1.165) is 23.6 Å². The van der Waals surface area contributed by atoms with Gasteiger partial charge in [-0.05, 0) is 55.0 Å². The van der Waals surface area contributed by atoms with E-state index in [2.05, 4.69) is 24.4 Å². The quantitative estimate of drug-likeness (QED) is 0.876. The van der Waals surface area contributed by atoms with Crippen LogP contribution in [0.3, 0.4) is 0 Å². The molecule has 0 aliphatic heterocycles. The highest BCUT2D eigenvalue weighted by molar-refractivity contribution is 6.31. The number of hydrogen-bond donors (Lipinski definition) is 1. The minimum absolute atomic E-state index is 0.457. The van der Waals surface area contributed by atoms with Crippen LogP contribution in [0.5, 0.6) is 0 Å². The van der Waals surface area contributed by atoms with Crippen LogP contribution in [0.15, 0.2) is 42.5 Å². The normalized spacial score (nSPS) is 20.4. The minimum atomic E-state index is 0.457. The van der Waals surface area contributed by atoms with Crippen LogP contribution in [-0.4, -0.2) is 6.04 Å². The Morgan fingerprint density at radius 3 is 2.67 bits per heavy atom. The van der Waals surface area contributed by atoms with Crippen molar-refractivity contribution < 1.29 is 0 Å². The summed E-state index contributed by atoms with van der Waals surface area (Å²) in [5, 5.41) is 13.4. The molecular weight excluding hydrogens is 280 g/mol. The van der Waals surface area contributed by atoms with Gasteiger partial charge < -0.3 is 5.32 Å². The highest BCUT2D eigenvalue weighted by Crippen LogP contribution is 2.41. The zero-order valence-electron chi connectivity index (χ0n) is 11.9. The number of rotatable bonds is 3. The Morgan fingerprint density at radius 2 is 1.95 bits per heavy atom. The summed E-state index contributed by atoms with van der Waals surface area (Å²) in [4.78, 5) is 0. The maximum atomic E-state index is 8.99. The van der Waals surface area contributed by atoms with Crippen LogP contribution in [0.1, 0.15) is 35.4 Å². The van der Waals surface area contributed by atoms with E-state index >= 15 is 0 Å². The molecule has 21 heavy (non-hydrogen) atoms. The van der Waals surface area contributed by atoms with Crippen molar-refractivity contribution in [1.82, 2.24) is 0 Å². The number of halogens is 1. The lowest BCUT2D eigenvalue weighted by molar-refractivity contribution is 0.374. The van der Waals surface area contributed by atoms with Gasteiger partial charge in [-0.15, -0.1) is 0 Å². The van der Waals surface area contributed by atoms with Gasteiger partial charge in [0.15, 0.2) is 0 Å². The molecule has 2 nitrogen and oxygen atoms in total. The van der Waals surface area contributed by atoms with E-state index in [9.17, 15) is 0 Å². The Balaban J connectivity index is 1.66. The molecule has 0 saturated heterocycles. The van der Waals surface area contributed by atoms with Crippen molar-refractivity contribution in [3.63, 3.8) is 0 Å². The van der Waals surface area contributed by atoms with Gasteiger partial charge in [0.05, 0.1) is 11.6 Å². The van der Waals surface area contributed by atoms with Crippen LogP contribution in [0.25, 0.3) is 0 Å². The van der Waals surface area contributed by atoms with E-state index < -0.39 is 0 Å². The molecule has 0 spiro atoms. The fourth-order valence-corrected chi connectivity index (χ4v) is 3.15. The first-order valence-corrected chi connectivity index (χ1v) is 7.57. The highest BCUT2D eigenvalue weighted by atomic mass is 35.5. The molecule has 1 N–H and O–H groups in total. The summed E-state index contributed by atoms with van der Waals surface area (Å²) >= 11 is 6.25. The monoisotopic (exact) mass is 296 g/mol. The zero-order valence-corrected chi connectivity index (χ0v) is 12.7. The molecule has 0 radical (unpaired) electrons. The van der Waals surface area contributed by atoms with Crippen LogP contribution in [-0.2, 0) is 0 Å². The molecule has 0 unspecified atom stereocenters. The first-order valence-electron chi connectivity index (χ1n) is 7.19. The predicted molar refractivity (Wildman–Crippen MR) is 86.7 cm³/mol. The van der Waals surface area contributed by atoms with Crippen LogP contribution in [0.2, 0.25) is 5.02 Å². The molecule has 0 amide bonds. The van der Waals surface area contributed by atoms with Crippen molar-refractivity contribution in [3.05, 3.63) is 64.2 Å². The molecule has 2 aromatic carbocycles. The number of hydrogen-bond acceptors (Lipinski definition) is 2. The van der Waals surface area contributed by atoms with E-state index in [-0.39, 0.29) is 0 Å². The molecule has 1 saturated carbocycles. The molecule has 3 rings (SSSR count). The fourth-order valence-electron chi connectivity index (χ4n) is 2.86. The van der Waals surface area contributed by atoms with E-state index in [1.165, 1.54) is 11.1 Å². The van der Waals surface area contributed by atoms with E-state index in [1.54, 1.807) is 0 Å². The maximum Gasteiger partial charge on any atom is 0.0992 e. The van der Waals surface area contributed by atoms with Gasteiger partial charge >= 0.3 is 0 Å². The minimum Gasteiger partial charge on any atom is -0.382 e. The molecule has 1 aliphatic carbocycles. The van der Waals surface area contributed by atoms with E-state index in [4.69, 9.17) is 16.9 Å². The third-order valence-electron chi connectivity index (χ3n) is 4.21. The molecule has 1 aliphatic rings. The zero-order chi connectivity index (χ0) is 14.8. The molecule has 2 aromatic rings. The van der Waals surface area contributed by atoms with Crippen molar-refractivity contribution in [1.29, 1.82) is 5.26 Å². The smallest absolute Gasteiger partial charge is 0.0992 e. The van der Waals surface area contributed by atoms with Gasteiger partial charge in [0.25, 0.3) is 0 Å². The number of nitrogens with zero attached hydrogens (tertiary/aromatic N) is 1. The molecule has 0 bridgehead atoms. The topological polar surface area (TPSA) is 35.8 Å². The summed E-state index contributed by atoms with van der Waals surface area (Å²) < 4.78 is 0. The lowest BCUT2D eigenvalue weighted by Crippen LogP contribution is -2.34. The summed E-state index contributed by atoms with van der Waals surface area (Å²) in [5.74, 6) is 0.538. The number of nitriles is 1. The van der Waals surface area contributed by atoms with Gasteiger partial charge in [0.1, 0.15) is 0 Å². The lowest BCUT2D eigenvalue weighted by Gasteiger charge is -2.37. The summed E-state index contributed by atoms with van der Waals surface area (Å²) in [5.41, 5.74) is 4.19. The van der Waals surface area contributed by atoms with Gasteiger partial charge in [-0.1, -0.05) is 35.9 Å². The summed E-state index contributed by atoms with van der Waals surface area (Å²) in [6.45, 7) is 2.06. The number of anilines is 1. The Kier molecular flexibility index (Phi) is 3.86. The van der Waals surface area contributed by atoms with Gasteiger partial charge in [-0.2, -0.15) is 5.26 Å². The Bertz CT molecular complexity index is 697. The summed E-state index contributed by atoms with van der Waals surface area (Å²) in [6.07, 6.45) is 2.17. The van der Waals surface area contributed by atoms with Crippen LogP contribution >= 0.6 is 11.6 Å². The number of aryl methyl sites for hydroxylation is 1. The van der Waals surface area contributed by atoms with Crippen molar-refractivity contribution in [3.8, 4) is 6.07 Å². The maximum absolute atomic E-state index is 8.99.